The van der Waals surface area contributed by atoms with Crippen molar-refractivity contribution in [2.24, 2.45) is 0 Å². The molecule has 0 bridgehead atoms. The Labute approximate surface area is 108 Å². The largest absolute Gasteiger partial charge is 0.376 e. The molecule has 0 aliphatic carbocycles. The second-order valence-electron chi connectivity index (χ2n) is 5.00. The summed E-state index contributed by atoms with van der Waals surface area (Å²) in [6.45, 7) is 3.11. The van der Waals surface area contributed by atoms with Gasteiger partial charge in [0, 0.05) is 33.4 Å². The Morgan fingerprint density at radius 1 is 1.17 bits per heavy atom. The van der Waals surface area contributed by atoms with Gasteiger partial charge in [0.1, 0.15) is 6.61 Å². The molecule has 0 aromatic rings. The van der Waals surface area contributed by atoms with Gasteiger partial charge in [-0.2, -0.15) is 0 Å². The minimum Gasteiger partial charge on any atom is -0.376 e. The van der Waals surface area contributed by atoms with Crippen molar-refractivity contribution in [3.8, 4) is 0 Å². The van der Waals surface area contributed by atoms with E-state index in [9.17, 15) is 4.79 Å². The molecule has 2 aliphatic rings. The molecule has 5 nitrogen and oxygen atoms in total. The second-order valence-corrected chi connectivity index (χ2v) is 5.00. The van der Waals surface area contributed by atoms with E-state index >= 15 is 0 Å². The van der Waals surface area contributed by atoms with Crippen LogP contribution < -0.4 is 0 Å². The van der Waals surface area contributed by atoms with Crippen LogP contribution in [-0.2, 0) is 19.0 Å². The summed E-state index contributed by atoms with van der Waals surface area (Å²) in [6.07, 6.45) is 4.65. The number of ether oxygens (including phenoxy) is 3. The van der Waals surface area contributed by atoms with Crippen LogP contribution in [0.4, 0.5) is 0 Å². The van der Waals surface area contributed by atoms with Gasteiger partial charge in [0.05, 0.1) is 12.2 Å². The van der Waals surface area contributed by atoms with Crippen LogP contribution in [0.2, 0.25) is 0 Å². The number of methoxy groups -OCH3 is 1. The molecule has 1 amide bonds. The molecule has 0 radical (unpaired) electrons. The summed E-state index contributed by atoms with van der Waals surface area (Å²) in [5.41, 5.74) is 0. The molecule has 0 N–H and O–H groups in total. The van der Waals surface area contributed by atoms with Crippen molar-refractivity contribution in [1.29, 1.82) is 0 Å². The first-order valence-electron chi connectivity index (χ1n) is 6.79. The maximum Gasteiger partial charge on any atom is 0.248 e. The van der Waals surface area contributed by atoms with Crippen molar-refractivity contribution >= 4 is 5.91 Å². The average molecular weight is 257 g/mol. The third-order valence-corrected chi connectivity index (χ3v) is 3.52. The molecule has 2 aliphatic heterocycles. The zero-order chi connectivity index (χ0) is 12.8. The molecular formula is C13H23NO4. The van der Waals surface area contributed by atoms with Crippen LogP contribution >= 0.6 is 0 Å². The average Bonchev–Trinajstić information content (AvgIpc) is 3.01. The summed E-state index contributed by atoms with van der Waals surface area (Å²) in [4.78, 5) is 13.9. The van der Waals surface area contributed by atoms with E-state index in [4.69, 9.17) is 14.2 Å². The normalized spacial score (nSPS) is 27.6. The SMILES string of the molecule is COCC(=O)N(CC1CCCO1)CC1CCCO1. The lowest BCUT2D eigenvalue weighted by Gasteiger charge is -2.27. The van der Waals surface area contributed by atoms with Crippen LogP contribution in [0, 0.1) is 0 Å². The first kappa shape index (κ1) is 13.8. The molecule has 2 rings (SSSR count). The number of rotatable bonds is 6. The summed E-state index contributed by atoms with van der Waals surface area (Å²) in [5, 5.41) is 0. The first-order valence-corrected chi connectivity index (χ1v) is 6.79. The molecule has 2 fully saturated rings. The monoisotopic (exact) mass is 257 g/mol. The Hall–Kier alpha value is -0.650. The zero-order valence-electron chi connectivity index (χ0n) is 11.1. The summed E-state index contributed by atoms with van der Waals surface area (Å²) in [5.74, 6) is 0.0310. The summed E-state index contributed by atoms with van der Waals surface area (Å²) in [6, 6.07) is 0. The van der Waals surface area contributed by atoms with Crippen LogP contribution in [0.5, 0.6) is 0 Å². The van der Waals surface area contributed by atoms with Gasteiger partial charge in [-0.25, -0.2) is 0 Å². The number of carbonyl (C=O) groups excluding carboxylic acids is 1. The molecule has 5 heteroatoms. The van der Waals surface area contributed by atoms with Gasteiger partial charge in [-0.1, -0.05) is 0 Å². The van der Waals surface area contributed by atoms with Crippen molar-refractivity contribution in [3.05, 3.63) is 0 Å². The lowest BCUT2D eigenvalue weighted by molar-refractivity contribution is -0.138. The minimum atomic E-state index is 0.0310. The van der Waals surface area contributed by atoms with Crippen LogP contribution in [0.15, 0.2) is 0 Å². The topological polar surface area (TPSA) is 48.0 Å². The molecular weight excluding hydrogens is 234 g/mol. The maximum atomic E-state index is 12.0. The van der Waals surface area contributed by atoms with Gasteiger partial charge in [0.25, 0.3) is 0 Å². The minimum absolute atomic E-state index is 0.0310. The van der Waals surface area contributed by atoms with E-state index in [0.29, 0.717) is 13.1 Å². The van der Waals surface area contributed by atoms with Gasteiger partial charge in [-0.3, -0.25) is 4.79 Å². The summed E-state index contributed by atoms with van der Waals surface area (Å²) < 4.78 is 16.1. The van der Waals surface area contributed by atoms with Gasteiger partial charge in [0.15, 0.2) is 0 Å². The van der Waals surface area contributed by atoms with Gasteiger partial charge >= 0.3 is 0 Å². The molecule has 0 saturated carbocycles. The van der Waals surface area contributed by atoms with E-state index in [1.807, 2.05) is 4.90 Å². The van der Waals surface area contributed by atoms with E-state index in [0.717, 1.165) is 38.9 Å². The Kier molecular flexibility index (Phi) is 5.41. The molecule has 0 spiro atoms. The van der Waals surface area contributed by atoms with Gasteiger partial charge in [-0.15, -0.1) is 0 Å². The number of nitrogens with zero attached hydrogens (tertiary/aromatic N) is 1. The Balaban J connectivity index is 1.85. The fourth-order valence-electron chi connectivity index (χ4n) is 2.56. The molecule has 18 heavy (non-hydrogen) atoms. The Morgan fingerprint density at radius 3 is 2.11 bits per heavy atom. The van der Waals surface area contributed by atoms with Crippen LogP contribution in [-0.4, -0.2) is 63.0 Å². The Morgan fingerprint density at radius 2 is 1.72 bits per heavy atom. The highest BCUT2D eigenvalue weighted by molar-refractivity contribution is 5.77. The van der Waals surface area contributed by atoms with Crippen molar-refractivity contribution in [1.82, 2.24) is 4.90 Å². The maximum absolute atomic E-state index is 12.0. The molecule has 0 aromatic carbocycles. The van der Waals surface area contributed by atoms with Gasteiger partial charge in [0.2, 0.25) is 5.91 Å². The van der Waals surface area contributed by atoms with Crippen molar-refractivity contribution in [2.45, 2.75) is 37.9 Å². The van der Waals surface area contributed by atoms with E-state index in [2.05, 4.69) is 0 Å². The third kappa shape index (κ3) is 3.93. The van der Waals surface area contributed by atoms with E-state index in [-0.39, 0.29) is 24.7 Å². The molecule has 0 aromatic heterocycles. The molecule has 2 saturated heterocycles. The second kappa shape index (κ2) is 7.07. The third-order valence-electron chi connectivity index (χ3n) is 3.52. The number of carbonyl (C=O) groups is 1. The van der Waals surface area contributed by atoms with Crippen molar-refractivity contribution in [3.63, 3.8) is 0 Å². The van der Waals surface area contributed by atoms with E-state index in [1.54, 1.807) is 7.11 Å². The quantitative estimate of drug-likeness (QED) is 0.707. The summed E-state index contributed by atoms with van der Waals surface area (Å²) in [7, 11) is 1.55. The van der Waals surface area contributed by atoms with Gasteiger partial charge in [-0.05, 0) is 25.7 Å². The number of hydrogen-bond donors (Lipinski definition) is 0. The molecule has 2 heterocycles. The van der Waals surface area contributed by atoms with Crippen LogP contribution in [0.1, 0.15) is 25.7 Å². The van der Waals surface area contributed by atoms with E-state index in [1.165, 1.54) is 0 Å². The molecule has 2 atom stereocenters. The smallest absolute Gasteiger partial charge is 0.248 e. The lowest BCUT2D eigenvalue weighted by Crippen LogP contribution is -2.43. The molecule has 2 unspecified atom stereocenters. The van der Waals surface area contributed by atoms with Gasteiger partial charge < -0.3 is 19.1 Å². The Bertz CT molecular complexity index is 242. The highest BCUT2D eigenvalue weighted by Crippen LogP contribution is 2.17. The predicted molar refractivity (Wildman–Crippen MR) is 66.4 cm³/mol. The van der Waals surface area contributed by atoms with Crippen LogP contribution in [0.25, 0.3) is 0 Å². The fourth-order valence-corrected chi connectivity index (χ4v) is 2.56. The predicted octanol–water partition coefficient (Wildman–Crippen LogP) is 0.819. The van der Waals surface area contributed by atoms with Crippen LogP contribution in [0.3, 0.4) is 0 Å². The standard InChI is InChI=1S/C13H23NO4/c1-16-10-13(15)14(8-11-4-2-6-17-11)9-12-5-3-7-18-12/h11-12H,2-10H2,1H3. The van der Waals surface area contributed by atoms with Crippen molar-refractivity contribution < 1.29 is 19.0 Å². The molecule has 104 valence electrons. The fraction of sp³-hybridized carbons (Fsp3) is 0.923. The number of amides is 1. The lowest BCUT2D eigenvalue weighted by atomic mass is 10.2. The highest BCUT2D eigenvalue weighted by atomic mass is 16.5. The van der Waals surface area contributed by atoms with Crippen molar-refractivity contribution in [2.75, 3.05) is 40.0 Å². The highest BCUT2D eigenvalue weighted by Gasteiger charge is 2.26. The number of hydrogen-bond acceptors (Lipinski definition) is 4. The van der Waals surface area contributed by atoms with E-state index < -0.39 is 0 Å². The zero-order valence-corrected chi connectivity index (χ0v) is 11.1. The first-order chi connectivity index (χ1) is 8.79. The summed E-state index contributed by atoms with van der Waals surface area (Å²) >= 11 is 0.